The van der Waals surface area contributed by atoms with Crippen LogP contribution in [0.25, 0.3) is 10.9 Å². The lowest BCUT2D eigenvalue weighted by atomic mass is 9.34. The van der Waals surface area contributed by atoms with E-state index in [9.17, 15) is 13.6 Å². The second-order valence-corrected chi connectivity index (χ2v) is 11.5. The maximum atomic E-state index is 13.6. The number of nitrogens with zero attached hydrogens (tertiary/aromatic N) is 4. The van der Waals surface area contributed by atoms with Gasteiger partial charge in [-0.15, -0.1) is 0 Å². The minimum atomic E-state index is -0.637. The summed E-state index contributed by atoms with van der Waals surface area (Å²) in [5.74, 6) is -1.36. The zero-order chi connectivity index (χ0) is 24.9. The van der Waals surface area contributed by atoms with Gasteiger partial charge in [-0.3, -0.25) is 9.48 Å². The van der Waals surface area contributed by atoms with Crippen molar-refractivity contribution in [3.05, 3.63) is 64.8 Å². The normalized spacial score (nSPS) is 26.3. The lowest BCUT2D eigenvalue weighted by Gasteiger charge is -2.71. The first-order chi connectivity index (χ1) is 17.3. The maximum Gasteiger partial charge on any atom is 0.243 e. The van der Waals surface area contributed by atoms with E-state index in [0.717, 1.165) is 42.8 Å². The van der Waals surface area contributed by atoms with E-state index >= 15 is 0 Å². The number of halogens is 3. The van der Waals surface area contributed by atoms with Crippen molar-refractivity contribution in [1.82, 2.24) is 14.8 Å². The summed E-state index contributed by atoms with van der Waals surface area (Å²) in [4.78, 5) is 12.7. The molecule has 1 aliphatic heterocycles. The highest BCUT2D eigenvalue weighted by atomic mass is 35.5. The SMILES string of the molecule is O=C(CCCCCC12CC(Cn3cc4cccc(Cl)c4n3)(C1)C2)N1N=CCC1c1cc(F)cc(F)c1. The van der Waals surface area contributed by atoms with Crippen LogP contribution in [0.2, 0.25) is 5.02 Å². The molecule has 0 radical (unpaired) electrons. The van der Waals surface area contributed by atoms with Crippen molar-refractivity contribution in [2.75, 3.05) is 0 Å². The molecule has 2 heterocycles. The second kappa shape index (κ2) is 8.94. The zero-order valence-electron chi connectivity index (χ0n) is 20.1. The molecule has 0 N–H and O–H groups in total. The van der Waals surface area contributed by atoms with E-state index in [0.29, 0.717) is 34.3 Å². The molecular formula is C28H29ClF2N4O. The molecule has 2 bridgehead atoms. The Morgan fingerprint density at radius 1 is 1.06 bits per heavy atom. The molecule has 0 spiro atoms. The first kappa shape index (κ1) is 23.6. The van der Waals surface area contributed by atoms with Crippen LogP contribution in [0.1, 0.15) is 69.4 Å². The minimum Gasteiger partial charge on any atom is -0.273 e. The number of benzene rings is 2. The molecule has 3 aromatic rings. The highest BCUT2D eigenvalue weighted by Crippen LogP contribution is 2.75. The Morgan fingerprint density at radius 3 is 2.58 bits per heavy atom. The fraction of sp³-hybridized carbons (Fsp3) is 0.464. The highest BCUT2D eigenvalue weighted by molar-refractivity contribution is 6.35. The van der Waals surface area contributed by atoms with Crippen LogP contribution in [0, 0.1) is 22.5 Å². The van der Waals surface area contributed by atoms with Gasteiger partial charge in [0.15, 0.2) is 0 Å². The zero-order valence-corrected chi connectivity index (χ0v) is 20.9. The molecule has 188 valence electrons. The lowest BCUT2D eigenvalue weighted by Crippen LogP contribution is -2.63. The van der Waals surface area contributed by atoms with Crippen molar-refractivity contribution < 1.29 is 13.6 Å². The average Bonchev–Trinajstić information content (AvgIpc) is 3.43. The number of aromatic nitrogens is 2. The average molecular weight is 511 g/mol. The summed E-state index contributed by atoms with van der Waals surface area (Å²) in [5.41, 5.74) is 2.20. The predicted octanol–water partition coefficient (Wildman–Crippen LogP) is 7.05. The Labute approximate surface area is 214 Å². The summed E-state index contributed by atoms with van der Waals surface area (Å²) in [5, 5.41) is 12.1. The summed E-state index contributed by atoms with van der Waals surface area (Å²) in [6.45, 7) is 0.959. The molecule has 7 rings (SSSR count). The van der Waals surface area contributed by atoms with Gasteiger partial charge in [0, 0.05) is 43.3 Å². The van der Waals surface area contributed by atoms with Gasteiger partial charge in [0.2, 0.25) is 5.91 Å². The number of fused-ring (bicyclic) bond motifs is 1. The van der Waals surface area contributed by atoms with E-state index in [4.69, 9.17) is 16.7 Å². The van der Waals surface area contributed by atoms with Gasteiger partial charge in [-0.1, -0.05) is 36.6 Å². The van der Waals surface area contributed by atoms with E-state index in [1.165, 1.54) is 42.8 Å². The Bertz CT molecular complexity index is 1310. The monoisotopic (exact) mass is 510 g/mol. The topological polar surface area (TPSA) is 50.5 Å². The van der Waals surface area contributed by atoms with Crippen LogP contribution in [0.15, 0.2) is 47.7 Å². The number of rotatable bonds is 9. The predicted molar refractivity (Wildman–Crippen MR) is 136 cm³/mol. The molecule has 1 amide bonds. The van der Waals surface area contributed by atoms with Crippen molar-refractivity contribution in [2.45, 2.75) is 70.4 Å². The number of carbonyl (C=O) groups excluding carboxylic acids is 1. The number of hydrazone groups is 1. The number of hydrogen-bond acceptors (Lipinski definition) is 3. The standard InChI is InChI=1S/C28H29ClF2N4O/c29-23-6-4-5-19-14-34(33-26(19)23)18-28-15-27(16-28,17-28)9-3-1-2-7-25(36)35-24(8-10-32-35)20-11-21(30)13-22(31)12-20/h4-6,10-14,24H,1-3,7-9,15-18H2. The summed E-state index contributed by atoms with van der Waals surface area (Å²) in [6.07, 6.45) is 12.5. The molecule has 4 aliphatic rings. The van der Waals surface area contributed by atoms with Crippen LogP contribution < -0.4 is 0 Å². The highest BCUT2D eigenvalue weighted by Gasteiger charge is 2.66. The Morgan fingerprint density at radius 2 is 1.83 bits per heavy atom. The third kappa shape index (κ3) is 4.32. The quantitative estimate of drug-likeness (QED) is 0.290. The lowest BCUT2D eigenvalue weighted by molar-refractivity contribution is -0.217. The van der Waals surface area contributed by atoms with Crippen molar-refractivity contribution in [1.29, 1.82) is 0 Å². The molecule has 36 heavy (non-hydrogen) atoms. The Kier molecular flexibility index (Phi) is 5.86. The third-order valence-electron chi connectivity index (χ3n) is 8.23. The fourth-order valence-electron chi connectivity index (χ4n) is 6.91. The van der Waals surface area contributed by atoms with Crippen LogP contribution in [0.4, 0.5) is 8.78 Å². The van der Waals surface area contributed by atoms with Gasteiger partial charge in [0.1, 0.15) is 17.2 Å². The van der Waals surface area contributed by atoms with Crippen LogP contribution in [-0.4, -0.2) is 26.9 Å². The molecule has 2 aromatic carbocycles. The van der Waals surface area contributed by atoms with Gasteiger partial charge in [0.05, 0.1) is 11.1 Å². The summed E-state index contributed by atoms with van der Waals surface area (Å²) in [6, 6.07) is 8.87. The van der Waals surface area contributed by atoms with E-state index in [1.807, 2.05) is 12.1 Å². The van der Waals surface area contributed by atoms with Crippen LogP contribution >= 0.6 is 11.6 Å². The minimum absolute atomic E-state index is 0.0883. The third-order valence-corrected chi connectivity index (χ3v) is 8.54. The number of amides is 1. The van der Waals surface area contributed by atoms with Gasteiger partial charge in [-0.2, -0.15) is 10.2 Å². The fourth-order valence-corrected chi connectivity index (χ4v) is 7.13. The molecule has 1 unspecified atom stereocenters. The molecule has 5 nitrogen and oxygen atoms in total. The summed E-state index contributed by atoms with van der Waals surface area (Å²) < 4.78 is 29.3. The first-order valence-electron chi connectivity index (χ1n) is 12.8. The van der Waals surface area contributed by atoms with Crippen molar-refractivity contribution in [2.24, 2.45) is 15.9 Å². The van der Waals surface area contributed by atoms with E-state index in [-0.39, 0.29) is 5.91 Å². The Hall–Kier alpha value is -2.80. The molecule has 0 saturated heterocycles. The van der Waals surface area contributed by atoms with Gasteiger partial charge in [-0.25, -0.2) is 13.8 Å². The largest absolute Gasteiger partial charge is 0.273 e. The number of carbonyl (C=O) groups is 1. The maximum absolute atomic E-state index is 13.6. The molecular weight excluding hydrogens is 482 g/mol. The number of unbranched alkanes of at least 4 members (excludes halogenated alkanes) is 2. The van der Waals surface area contributed by atoms with E-state index in [1.54, 1.807) is 6.21 Å². The summed E-state index contributed by atoms with van der Waals surface area (Å²) >= 11 is 6.27. The molecule has 3 fully saturated rings. The first-order valence-corrected chi connectivity index (χ1v) is 13.1. The Balaban J connectivity index is 0.930. The number of hydrogen-bond donors (Lipinski definition) is 0. The van der Waals surface area contributed by atoms with Gasteiger partial charge in [0.25, 0.3) is 0 Å². The van der Waals surface area contributed by atoms with Gasteiger partial charge >= 0.3 is 0 Å². The van der Waals surface area contributed by atoms with Crippen LogP contribution in [-0.2, 0) is 11.3 Å². The molecule has 1 atom stereocenters. The van der Waals surface area contributed by atoms with Gasteiger partial charge in [-0.05, 0) is 66.7 Å². The van der Waals surface area contributed by atoms with Crippen molar-refractivity contribution in [3.63, 3.8) is 0 Å². The van der Waals surface area contributed by atoms with Crippen LogP contribution in [0.3, 0.4) is 0 Å². The molecule has 1 aromatic heterocycles. The van der Waals surface area contributed by atoms with Gasteiger partial charge < -0.3 is 0 Å². The van der Waals surface area contributed by atoms with E-state index < -0.39 is 17.7 Å². The van der Waals surface area contributed by atoms with Crippen LogP contribution in [0.5, 0.6) is 0 Å². The smallest absolute Gasteiger partial charge is 0.243 e. The molecule has 3 aliphatic carbocycles. The van der Waals surface area contributed by atoms with E-state index in [2.05, 4.69) is 22.0 Å². The molecule has 8 heteroatoms. The summed E-state index contributed by atoms with van der Waals surface area (Å²) in [7, 11) is 0. The molecule has 3 saturated carbocycles. The van der Waals surface area contributed by atoms with Crippen molar-refractivity contribution in [3.8, 4) is 0 Å². The van der Waals surface area contributed by atoms with Crippen molar-refractivity contribution >= 4 is 34.6 Å². The second-order valence-electron chi connectivity index (χ2n) is 11.1.